The first-order valence-electron chi connectivity index (χ1n) is 8.88. The highest BCUT2D eigenvalue weighted by molar-refractivity contribution is 8.22. The number of para-hydroxylation sites is 1. The molecule has 0 atom stereocenters. The van der Waals surface area contributed by atoms with Gasteiger partial charge in [0.15, 0.2) is 0 Å². The van der Waals surface area contributed by atoms with Crippen LogP contribution in [0.4, 0.5) is 0 Å². The van der Waals surface area contributed by atoms with Crippen LogP contribution in [-0.4, -0.2) is 4.20 Å². The van der Waals surface area contributed by atoms with Crippen molar-refractivity contribution in [2.75, 3.05) is 0 Å². The van der Waals surface area contributed by atoms with Gasteiger partial charge in [-0.25, -0.2) is 0 Å². The van der Waals surface area contributed by atoms with Crippen molar-refractivity contribution in [1.29, 1.82) is 0 Å². The van der Waals surface area contributed by atoms with Crippen LogP contribution >= 0.6 is 24.0 Å². The highest BCUT2D eigenvalue weighted by Gasteiger charge is 2.06. The Morgan fingerprint density at radius 2 is 1.73 bits per heavy atom. The molecular formula is C23H20OS2. The number of hydrogen-bond donors (Lipinski definition) is 0. The second-order valence-corrected chi connectivity index (χ2v) is 8.27. The molecule has 1 nitrogen and oxygen atoms in total. The van der Waals surface area contributed by atoms with E-state index >= 15 is 0 Å². The van der Waals surface area contributed by atoms with Gasteiger partial charge in [-0.3, -0.25) is 0 Å². The fraction of sp³-hybridized carbons (Fsp3) is 0.174. The molecule has 0 N–H and O–H groups in total. The molecular weight excluding hydrogens is 356 g/mol. The molecule has 4 aromatic rings. The maximum atomic E-state index is 5.61. The van der Waals surface area contributed by atoms with Crippen LogP contribution in [0.3, 0.4) is 0 Å². The first kappa shape index (κ1) is 17.3. The summed E-state index contributed by atoms with van der Waals surface area (Å²) in [6.45, 7) is 0. The van der Waals surface area contributed by atoms with Gasteiger partial charge >= 0.3 is 0 Å². The van der Waals surface area contributed by atoms with Gasteiger partial charge in [-0.1, -0.05) is 72.9 Å². The standard InChI is InChI=1S/C23H20OS2/c25-23(11-5-8-20-15-24-22-10-4-3-9-21(20)22)26-16-17-12-13-18-6-1-2-7-19(18)14-17/h1-4,6-7,9-10,12-15H,5,8,11,16H2. The Labute approximate surface area is 163 Å². The van der Waals surface area contributed by atoms with Crippen molar-refractivity contribution < 1.29 is 4.42 Å². The van der Waals surface area contributed by atoms with Crippen molar-refractivity contribution >= 4 is 49.9 Å². The molecule has 0 bridgehead atoms. The molecule has 4 rings (SSSR count). The topological polar surface area (TPSA) is 13.1 Å². The number of benzene rings is 3. The molecule has 0 fully saturated rings. The summed E-state index contributed by atoms with van der Waals surface area (Å²) in [4.78, 5) is 0. The lowest BCUT2D eigenvalue weighted by atomic mass is 10.1. The molecule has 3 aromatic carbocycles. The van der Waals surface area contributed by atoms with E-state index in [1.165, 1.54) is 27.3 Å². The fourth-order valence-electron chi connectivity index (χ4n) is 3.21. The van der Waals surface area contributed by atoms with Gasteiger partial charge in [0.1, 0.15) is 5.58 Å². The van der Waals surface area contributed by atoms with Gasteiger partial charge in [0.2, 0.25) is 0 Å². The lowest BCUT2D eigenvalue weighted by Crippen LogP contribution is -1.93. The van der Waals surface area contributed by atoms with Crippen molar-refractivity contribution in [2.45, 2.75) is 25.0 Å². The Bertz CT molecular complexity index is 1050. The summed E-state index contributed by atoms with van der Waals surface area (Å²) in [5.74, 6) is 0.943. The lowest BCUT2D eigenvalue weighted by Gasteiger charge is -2.05. The van der Waals surface area contributed by atoms with Crippen LogP contribution in [0.2, 0.25) is 0 Å². The monoisotopic (exact) mass is 376 g/mol. The van der Waals surface area contributed by atoms with E-state index < -0.39 is 0 Å². The first-order valence-corrected chi connectivity index (χ1v) is 10.3. The maximum absolute atomic E-state index is 5.61. The third kappa shape index (κ3) is 4.00. The Hall–Kier alpha value is -2.10. The van der Waals surface area contributed by atoms with Gasteiger partial charge in [-0.2, -0.15) is 0 Å². The minimum Gasteiger partial charge on any atom is -0.464 e. The summed E-state index contributed by atoms with van der Waals surface area (Å²) in [5, 5.41) is 3.81. The maximum Gasteiger partial charge on any atom is 0.134 e. The molecule has 26 heavy (non-hydrogen) atoms. The quantitative estimate of drug-likeness (QED) is 0.331. The van der Waals surface area contributed by atoms with Crippen molar-refractivity contribution in [2.24, 2.45) is 0 Å². The molecule has 0 aliphatic carbocycles. The molecule has 3 heteroatoms. The van der Waals surface area contributed by atoms with E-state index in [1.54, 1.807) is 11.8 Å². The van der Waals surface area contributed by atoms with Crippen molar-refractivity contribution in [3.63, 3.8) is 0 Å². The second-order valence-electron chi connectivity index (χ2n) is 6.45. The highest BCUT2D eigenvalue weighted by atomic mass is 32.2. The second kappa shape index (κ2) is 8.07. The van der Waals surface area contributed by atoms with E-state index in [0.717, 1.165) is 34.8 Å². The van der Waals surface area contributed by atoms with E-state index in [4.69, 9.17) is 16.6 Å². The van der Waals surface area contributed by atoms with E-state index in [9.17, 15) is 0 Å². The van der Waals surface area contributed by atoms with Gasteiger partial charge in [0.05, 0.1) is 6.26 Å². The molecule has 0 spiro atoms. The number of thiocarbonyl (C=S) groups is 1. The Morgan fingerprint density at radius 3 is 2.65 bits per heavy atom. The SMILES string of the molecule is S=C(CCCc1coc2ccccc12)SCc1ccc2ccccc2c1. The number of thioether (sulfide) groups is 1. The third-order valence-electron chi connectivity index (χ3n) is 4.60. The number of fused-ring (bicyclic) bond motifs is 2. The molecule has 0 aliphatic rings. The van der Waals surface area contributed by atoms with Crippen molar-refractivity contribution in [3.8, 4) is 0 Å². The van der Waals surface area contributed by atoms with E-state index in [2.05, 4.69) is 54.6 Å². The lowest BCUT2D eigenvalue weighted by molar-refractivity contribution is 0.609. The predicted molar refractivity (Wildman–Crippen MR) is 117 cm³/mol. The fourth-order valence-corrected chi connectivity index (χ4v) is 4.33. The molecule has 130 valence electrons. The number of aryl methyl sites for hydroxylation is 1. The largest absolute Gasteiger partial charge is 0.464 e. The molecule has 0 saturated heterocycles. The van der Waals surface area contributed by atoms with Gasteiger partial charge in [0, 0.05) is 15.3 Å². The first-order chi connectivity index (χ1) is 12.8. The average Bonchev–Trinajstić information content (AvgIpc) is 3.09. The van der Waals surface area contributed by atoms with Crippen molar-refractivity contribution in [1.82, 2.24) is 0 Å². The molecule has 0 saturated carbocycles. The Morgan fingerprint density at radius 1 is 0.923 bits per heavy atom. The molecule has 0 aliphatic heterocycles. The molecule has 0 unspecified atom stereocenters. The number of furan rings is 1. The van der Waals surface area contributed by atoms with Crippen LogP contribution in [0.15, 0.2) is 77.4 Å². The molecule has 0 radical (unpaired) electrons. The summed E-state index contributed by atoms with van der Waals surface area (Å²) in [6, 6.07) is 23.4. The van der Waals surface area contributed by atoms with E-state index in [0.29, 0.717) is 0 Å². The summed E-state index contributed by atoms with van der Waals surface area (Å²) in [6.07, 6.45) is 4.92. The summed E-state index contributed by atoms with van der Waals surface area (Å²) in [7, 11) is 0. The van der Waals surface area contributed by atoms with Crippen LogP contribution in [0.1, 0.15) is 24.0 Å². The minimum absolute atomic E-state index is 0.943. The van der Waals surface area contributed by atoms with Gasteiger partial charge < -0.3 is 4.42 Å². The molecule has 1 aromatic heterocycles. The Kier molecular flexibility index (Phi) is 5.37. The summed E-state index contributed by atoms with van der Waals surface area (Å²) in [5.41, 5.74) is 3.58. The summed E-state index contributed by atoms with van der Waals surface area (Å²) < 4.78 is 6.70. The smallest absolute Gasteiger partial charge is 0.134 e. The van der Waals surface area contributed by atoms with Crippen LogP contribution in [0.25, 0.3) is 21.7 Å². The van der Waals surface area contributed by atoms with Crippen LogP contribution in [0.5, 0.6) is 0 Å². The third-order valence-corrected chi connectivity index (χ3v) is 6.16. The average molecular weight is 377 g/mol. The predicted octanol–water partition coefficient (Wildman–Crippen LogP) is 7.17. The van der Waals surface area contributed by atoms with Gasteiger partial charge in [0.25, 0.3) is 0 Å². The van der Waals surface area contributed by atoms with Crippen LogP contribution in [0, 0.1) is 0 Å². The molecule has 0 amide bonds. The normalized spacial score (nSPS) is 11.2. The van der Waals surface area contributed by atoms with Crippen molar-refractivity contribution in [3.05, 3.63) is 84.1 Å². The van der Waals surface area contributed by atoms with E-state index in [-0.39, 0.29) is 0 Å². The van der Waals surface area contributed by atoms with E-state index in [1.807, 2.05) is 18.4 Å². The number of rotatable bonds is 6. The zero-order valence-electron chi connectivity index (χ0n) is 14.5. The zero-order chi connectivity index (χ0) is 17.8. The highest BCUT2D eigenvalue weighted by Crippen LogP contribution is 2.24. The minimum atomic E-state index is 0.943. The zero-order valence-corrected chi connectivity index (χ0v) is 16.1. The van der Waals surface area contributed by atoms with Crippen LogP contribution < -0.4 is 0 Å². The Balaban J connectivity index is 1.28. The van der Waals surface area contributed by atoms with Crippen LogP contribution in [-0.2, 0) is 12.2 Å². The van der Waals surface area contributed by atoms with Gasteiger partial charge in [-0.05, 0) is 47.2 Å². The molecule has 1 heterocycles. The summed E-state index contributed by atoms with van der Waals surface area (Å²) >= 11 is 7.37. The van der Waals surface area contributed by atoms with Gasteiger partial charge in [-0.15, -0.1) is 11.8 Å². The number of hydrogen-bond acceptors (Lipinski definition) is 3.